The van der Waals surface area contributed by atoms with Crippen LogP contribution in [0.25, 0.3) is 0 Å². The van der Waals surface area contributed by atoms with Gasteiger partial charge in [-0.15, -0.1) is 0 Å². The van der Waals surface area contributed by atoms with Crippen LogP contribution in [0.2, 0.25) is 0 Å². The van der Waals surface area contributed by atoms with Gasteiger partial charge >= 0.3 is 17.8 Å². The number of nitrogens with zero attached hydrogens (tertiary/aromatic N) is 3. The Labute approximate surface area is 140 Å². The quantitative estimate of drug-likeness (QED) is 0.566. The molecule has 0 N–H and O–H groups in total. The fourth-order valence-electron chi connectivity index (χ4n) is 5.68. The van der Waals surface area contributed by atoms with E-state index in [-0.39, 0.29) is 12.5 Å². The van der Waals surface area contributed by atoms with Crippen molar-refractivity contribution in [2.75, 3.05) is 20.6 Å². The summed E-state index contributed by atoms with van der Waals surface area (Å²) in [6.07, 6.45) is 6.02. The predicted octanol–water partition coefficient (Wildman–Crippen LogP) is 0.834. The number of likely N-dealkylation sites (N-methyl/N-ethyl adjacent to an activating group) is 1. The molecule has 0 spiro atoms. The first kappa shape index (κ1) is 15.6. The Balaban J connectivity index is 1.62. The molecule has 0 radical (unpaired) electrons. The van der Waals surface area contributed by atoms with Gasteiger partial charge in [-0.05, 0) is 56.3 Å². The van der Waals surface area contributed by atoms with Crippen LogP contribution in [-0.4, -0.2) is 64.6 Å². The molecule has 7 heteroatoms. The molecule has 5 aliphatic rings. The molecule has 5 fully saturated rings. The van der Waals surface area contributed by atoms with Crippen LogP contribution in [0.3, 0.4) is 0 Å². The summed E-state index contributed by atoms with van der Waals surface area (Å²) in [7, 11) is 3.12. The third-order valence-corrected chi connectivity index (χ3v) is 6.33. The third-order valence-electron chi connectivity index (χ3n) is 6.33. The topological polar surface area (TPSA) is 78.0 Å². The lowest BCUT2D eigenvalue weighted by molar-refractivity contribution is -0.150. The van der Waals surface area contributed by atoms with Gasteiger partial charge in [0.1, 0.15) is 6.54 Å². The Bertz CT molecular complexity index is 606. The molecule has 130 valence electrons. The summed E-state index contributed by atoms with van der Waals surface area (Å²) in [4.78, 5) is 53.0. The van der Waals surface area contributed by atoms with E-state index in [1.165, 1.54) is 29.1 Å². The summed E-state index contributed by atoms with van der Waals surface area (Å²) < 4.78 is 0. The molecule has 0 aromatic carbocycles. The standard InChI is InChI=1S/C17H23N3O4/c1-18(2)13(21)9-19-14(22)15(23)20(16(19)24)17-6-10-3-11(7-17)5-12(4-10)8-17/h10-12H,3-9H2,1-2H3. The molecule has 4 bridgehead atoms. The smallest absolute Gasteiger partial charge is 0.335 e. The average Bonchev–Trinajstić information content (AvgIpc) is 2.69. The number of rotatable bonds is 3. The Morgan fingerprint density at radius 1 is 1.00 bits per heavy atom. The molecule has 4 aliphatic carbocycles. The van der Waals surface area contributed by atoms with E-state index < -0.39 is 23.4 Å². The monoisotopic (exact) mass is 333 g/mol. The van der Waals surface area contributed by atoms with Gasteiger partial charge in [-0.2, -0.15) is 0 Å². The third kappa shape index (κ3) is 2.09. The molecule has 24 heavy (non-hydrogen) atoms. The van der Waals surface area contributed by atoms with E-state index in [1.54, 1.807) is 14.1 Å². The first-order valence-corrected chi connectivity index (χ1v) is 8.71. The van der Waals surface area contributed by atoms with Crippen molar-refractivity contribution >= 4 is 23.8 Å². The first-order valence-electron chi connectivity index (χ1n) is 8.71. The second-order valence-corrected chi connectivity index (χ2v) is 8.24. The van der Waals surface area contributed by atoms with Crippen LogP contribution in [0.1, 0.15) is 38.5 Å². The van der Waals surface area contributed by atoms with E-state index >= 15 is 0 Å². The van der Waals surface area contributed by atoms with Crippen molar-refractivity contribution in [1.82, 2.24) is 14.7 Å². The Kier molecular flexibility index (Phi) is 3.27. The van der Waals surface area contributed by atoms with Crippen molar-refractivity contribution in [3.63, 3.8) is 0 Å². The highest BCUT2D eigenvalue weighted by Crippen LogP contribution is 2.58. The van der Waals surface area contributed by atoms with Crippen molar-refractivity contribution in [2.45, 2.75) is 44.1 Å². The predicted molar refractivity (Wildman–Crippen MR) is 83.6 cm³/mol. The zero-order valence-electron chi connectivity index (χ0n) is 14.2. The highest BCUT2D eigenvalue weighted by molar-refractivity contribution is 6.45. The number of carbonyl (C=O) groups is 4. The van der Waals surface area contributed by atoms with Gasteiger partial charge in [0.2, 0.25) is 5.91 Å². The second-order valence-electron chi connectivity index (χ2n) is 8.24. The Morgan fingerprint density at radius 3 is 1.96 bits per heavy atom. The molecular formula is C17H23N3O4. The number of urea groups is 1. The number of hydrogen-bond donors (Lipinski definition) is 0. The normalized spacial score (nSPS) is 37.6. The summed E-state index contributed by atoms with van der Waals surface area (Å²) in [6, 6.07) is -0.595. The van der Waals surface area contributed by atoms with Crippen LogP contribution < -0.4 is 0 Å². The van der Waals surface area contributed by atoms with Crippen molar-refractivity contribution < 1.29 is 19.2 Å². The van der Waals surface area contributed by atoms with E-state index in [0.717, 1.165) is 24.2 Å². The Hall–Kier alpha value is -1.92. The number of carbonyl (C=O) groups excluding carboxylic acids is 4. The molecule has 5 amide bonds. The summed E-state index contributed by atoms with van der Waals surface area (Å²) in [6.45, 7) is -0.362. The molecule has 7 nitrogen and oxygen atoms in total. The highest BCUT2D eigenvalue weighted by Gasteiger charge is 2.61. The molecule has 0 atom stereocenters. The van der Waals surface area contributed by atoms with Crippen molar-refractivity contribution in [3.8, 4) is 0 Å². The number of hydrogen-bond acceptors (Lipinski definition) is 4. The highest BCUT2D eigenvalue weighted by atomic mass is 16.2. The first-order chi connectivity index (χ1) is 11.3. The second kappa shape index (κ2) is 5.04. The van der Waals surface area contributed by atoms with Crippen molar-refractivity contribution in [2.24, 2.45) is 17.8 Å². The molecule has 0 aromatic rings. The van der Waals surface area contributed by atoms with Gasteiger partial charge in [0, 0.05) is 14.1 Å². The largest absolute Gasteiger partial charge is 0.347 e. The fourth-order valence-corrected chi connectivity index (χ4v) is 5.68. The summed E-state index contributed by atoms with van der Waals surface area (Å²) in [5, 5.41) is 0. The van der Waals surface area contributed by atoms with Crippen LogP contribution in [0.15, 0.2) is 0 Å². The minimum Gasteiger partial charge on any atom is -0.347 e. The van der Waals surface area contributed by atoms with Crippen LogP contribution in [-0.2, 0) is 14.4 Å². The molecular weight excluding hydrogens is 310 g/mol. The molecule has 0 unspecified atom stereocenters. The van der Waals surface area contributed by atoms with Crippen molar-refractivity contribution in [1.29, 1.82) is 0 Å². The van der Waals surface area contributed by atoms with E-state index in [4.69, 9.17) is 0 Å². The maximum atomic E-state index is 12.8. The minimum absolute atomic E-state index is 0.362. The Morgan fingerprint density at radius 2 is 1.50 bits per heavy atom. The number of imide groups is 2. The average molecular weight is 333 g/mol. The molecule has 5 rings (SSSR count). The van der Waals surface area contributed by atoms with E-state index in [1.807, 2.05) is 0 Å². The van der Waals surface area contributed by atoms with Gasteiger partial charge < -0.3 is 4.90 Å². The molecule has 4 saturated carbocycles. The fraction of sp³-hybridized carbons (Fsp3) is 0.765. The van der Waals surface area contributed by atoms with E-state index in [2.05, 4.69) is 0 Å². The van der Waals surface area contributed by atoms with Gasteiger partial charge in [0.05, 0.1) is 5.54 Å². The molecule has 1 aliphatic heterocycles. The lowest BCUT2D eigenvalue weighted by atomic mass is 9.52. The van der Waals surface area contributed by atoms with Gasteiger partial charge in [0.15, 0.2) is 0 Å². The van der Waals surface area contributed by atoms with Crippen LogP contribution >= 0.6 is 0 Å². The van der Waals surface area contributed by atoms with Gasteiger partial charge in [-0.3, -0.25) is 14.4 Å². The summed E-state index contributed by atoms with van der Waals surface area (Å²) in [5.74, 6) is -0.283. The lowest BCUT2D eigenvalue weighted by Gasteiger charge is -2.58. The van der Waals surface area contributed by atoms with Gasteiger partial charge in [0.25, 0.3) is 0 Å². The van der Waals surface area contributed by atoms with Gasteiger partial charge in [-0.1, -0.05) is 0 Å². The summed E-state index contributed by atoms with van der Waals surface area (Å²) in [5.41, 5.74) is -0.492. The maximum Gasteiger partial charge on any atom is 0.335 e. The zero-order valence-corrected chi connectivity index (χ0v) is 14.2. The zero-order chi connectivity index (χ0) is 17.2. The van der Waals surface area contributed by atoms with Crippen LogP contribution in [0, 0.1) is 17.8 Å². The number of amides is 5. The summed E-state index contributed by atoms with van der Waals surface area (Å²) >= 11 is 0. The van der Waals surface area contributed by atoms with Gasteiger partial charge in [-0.25, -0.2) is 14.6 Å². The molecule has 1 heterocycles. The minimum atomic E-state index is -0.856. The van der Waals surface area contributed by atoms with E-state index in [9.17, 15) is 19.2 Å². The molecule has 0 aromatic heterocycles. The van der Waals surface area contributed by atoms with Crippen LogP contribution in [0.4, 0.5) is 4.79 Å². The maximum absolute atomic E-state index is 12.8. The SMILES string of the molecule is CN(C)C(=O)CN1C(=O)C(=O)N(C23CC4CC(CC(C4)C2)C3)C1=O. The lowest BCUT2D eigenvalue weighted by Crippen LogP contribution is -2.62. The van der Waals surface area contributed by atoms with Crippen molar-refractivity contribution in [3.05, 3.63) is 0 Å². The van der Waals surface area contributed by atoms with E-state index in [0.29, 0.717) is 17.8 Å². The van der Waals surface area contributed by atoms with Crippen LogP contribution in [0.5, 0.6) is 0 Å². The molecule has 1 saturated heterocycles.